The van der Waals surface area contributed by atoms with Gasteiger partial charge in [-0.15, -0.1) is 0 Å². The average molecular weight is 434 g/mol. The Morgan fingerprint density at radius 2 is 1.91 bits per heavy atom. The van der Waals surface area contributed by atoms with Gasteiger partial charge < -0.3 is 19.2 Å². The van der Waals surface area contributed by atoms with Crippen molar-refractivity contribution < 1.29 is 23.8 Å². The van der Waals surface area contributed by atoms with Crippen LogP contribution >= 0.6 is 0 Å². The molecule has 4 rings (SSSR count). The largest absolute Gasteiger partial charge is 0.503 e. The van der Waals surface area contributed by atoms with Crippen molar-refractivity contribution in [2.24, 2.45) is 0 Å². The van der Waals surface area contributed by atoms with E-state index in [2.05, 4.69) is 0 Å². The van der Waals surface area contributed by atoms with Gasteiger partial charge in [-0.25, -0.2) is 0 Å². The van der Waals surface area contributed by atoms with Crippen molar-refractivity contribution in [1.82, 2.24) is 4.90 Å². The zero-order chi connectivity index (χ0) is 22.7. The van der Waals surface area contributed by atoms with Crippen LogP contribution in [0.4, 0.5) is 0 Å². The second-order valence-corrected chi connectivity index (χ2v) is 7.92. The lowest BCUT2D eigenvalue weighted by atomic mass is 9.94. The summed E-state index contributed by atoms with van der Waals surface area (Å²) in [6.45, 7) is 5.05. The second-order valence-electron chi connectivity index (χ2n) is 7.92. The zero-order valence-corrected chi connectivity index (χ0v) is 18.3. The fraction of sp³-hybridized carbons (Fsp3) is 0.308. The average Bonchev–Trinajstić information content (AvgIpc) is 3.35. The first-order valence-corrected chi connectivity index (χ1v) is 11.0. The predicted molar refractivity (Wildman–Crippen MR) is 122 cm³/mol. The van der Waals surface area contributed by atoms with Crippen LogP contribution in [0.3, 0.4) is 0 Å². The first kappa shape index (κ1) is 21.7. The topological polar surface area (TPSA) is 80.0 Å². The Balaban J connectivity index is 1.77. The molecule has 0 aliphatic carbocycles. The first-order chi connectivity index (χ1) is 15.5. The number of ketones is 1. The number of nitrogens with zero attached hydrogens (tertiary/aromatic N) is 1. The Labute approximate surface area is 187 Å². The summed E-state index contributed by atoms with van der Waals surface area (Å²) in [6, 6.07) is 15.6. The monoisotopic (exact) mass is 433 g/mol. The van der Waals surface area contributed by atoms with Crippen molar-refractivity contribution in [3.63, 3.8) is 0 Å². The number of fused-ring (bicyclic) bond motifs is 1. The van der Waals surface area contributed by atoms with Crippen molar-refractivity contribution in [3.05, 3.63) is 77.3 Å². The minimum atomic E-state index is -0.708. The molecule has 166 valence electrons. The number of benzene rings is 2. The molecule has 1 N–H and O–H groups in total. The van der Waals surface area contributed by atoms with Crippen LogP contribution < -0.4 is 4.74 Å². The highest BCUT2D eigenvalue weighted by atomic mass is 16.5. The van der Waals surface area contributed by atoms with Gasteiger partial charge in [0.05, 0.1) is 18.2 Å². The molecule has 2 heterocycles. The summed E-state index contributed by atoms with van der Waals surface area (Å²) in [6.07, 6.45) is 2.50. The van der Waals surface area contributed by atoms with E-state index < -0.39 is 23.5 Å². The van der Waals surface area contributed by atoms with E-state index in [1.54, 1.807) is 17.0 Å². The lowest BCUT2D eigenvalue weighted by Gasteiger charge is -2.27. The third-order valence-electron chi connectivity index (χ3n) is 5.60. The van der Waals surface area contributed by atoms with Crippen LogP contribution in [0.25, 0.3) is 11.0 Å². The molecule has 0 fully saturated rings. The summed E-state index contributed by atoms with van der Waals surface area (Å²) >= 11 is 0. The highest BCUT2D eigenvalue weighted by molar-refractivity contribution is 6.16. The van der Waals surface area contributed by atoms with E-state index >= 15 is 0 Å². The summed E-state index contributed by atoms with van der Waals surface area (Å²) in [5.41, 5.74) is 1.33. The van der Waals surface area contributed by atoms with E-state index in [4.69, 9.17) is 9.15 Å². The van der Waals surface area contributed by atoms with Gasteiger partial charge >= 0.3 is 0 Å². The van der Waals surface area contributed by atoms with E-state index in [0.29, 0.717) is 30.0 Å². The highest BCUT2D eigenvalue weighted by Crippen LogP contribution is 2.40. The summed E-state index contributed by atoms with van der Waals surface area (Å²) in [7, 11) is 0. The molecule has 0 saturated heterocycles. The van der Waals surface area contributed by atoms with Gasteiger partial charge in [-0.2, -0.15) is 0 Å². The van der Waals surface area contributed by atoms with E-state index in [0.717, 1.165) is 24.6 Å². The number of para-hydroxylation sites is 1. The minimum absolute atomic E-state index is 0.0396. The van der Waals surface area contributed by atoms with Gasteiger partial charge in [0.2, 0.25) is 5.78 Å². The zero-order valence-electron chi connectivity index (χ0n) is 18.3. The smallest absolute Gasteiger partial charge is 0.290 e. The standard InChI is InChI=1S/C26H27NO5/c1-3-5-13-27-23(18-10-8-11-19(15-18)31-14-4-2)22(25(29)26(27)30)24(28)21-16-17-9-6-7-12-20(17)32-21/h6-12,15-16,23,29H,3-5,13-14H2,1-2H3. The van der Waals surface area contributed by atoms with Crippen molar-refractivity contribution in [2.75, 3.05) is 13.2 Å². The molecular weight excluding hydrogens is 406 g/mol. The molecule has 1 unspecified atom stereocenters. The van der Waals surface area contributed by atoms with Crippen molar-refractivity contribution in [1.29, 1.82) is 0 Å². The number of hydrogen-bond donors (Lipinski definition) is 1. The van der Waals surface area contributed by atoms with Crippen LogP contribution in [-0.4, -0.2) is 34.8 Å². The Morgan fingerprint density at radius 3 is 2.66 bits per heavy atom. The Kier molecular flexibility index (Phi) is 6.30. The normalized spacial score (nSPS) is 16.2. The molecule has 0 spiro atoms. The van der Waals surface area contributed by atoms with Crippen molar-refractivity contribution >= 4 is 22.7 Å². The Morgan fingerprint density at radius 1 is 1.09 bits per heavy atom. The highest BCUT2D eigenvalue weighted by Gasteiger charge is 2.44. The number of aliphatic hydroxyl groups is 1. The molecule has 2 aromatic carbocycles. The molecule has 1 amide bonds. The van der Waals surface area contributed by atoms with Gasteiger partial charge in [-0.1, -0.05) is 50.6 Å². The Bertz CT molecular complexity index is 1140. The SMILES string of the molecule is CCCCN1C(=O)C(O)=C(C(=O)c2cc3ccccc3o2)C1c1cccc(OCCC)c1. The van der Waals surface area contributed by atoms with Gasteiger partial charge in [-0.05, 0) is 42.7 Å². The van der Waals surface area contributed by atoms with E-state index in [1.807, 2.05) is 56.3 Å². The van der Waals surface area contributed by atoms with Crippen LogP contribution in [0.2, 0.25) is 0 Å². The third-order valence-corrected chi connectivity index (χ3v) is 5.60. The number of carbonyl (C=O) groups is 2. The number of rotatable bonds is 9. The molecule has 0 radical (unpaired) electrons. The third kappa shape index (κ3) is 4.00. The number of carbonyl (C=O) groups excluding carboxylic acids is 2. The fourth-order valence-corrected chi connectivity index (χ4v) is 4.01. The molecule has 3 aromatic rings. The maximum absolute atomic E-state index is 13.5. The number of hydrogen-bond acceptors (Lipinski definition) is 5. The van der Waals surface area contributed by atoms with Gasteiger partial charge in [-0.3, -0.25) is 9.59 Å². The molecule has 1 aliphatic rings. The number of aliphatic hydroxyl groups excluding tert-OH is 1. The number of furan rings is 1. The van der Waals surface area contributed by atoms with Gasteiger partial charge in [0.1, 0.15) is 11.3 Å². The lowest BCUT2D eigenvalue weighted by molar-refractivity contribution is -0.129. The van der Waals surface area contributed by atoms with Gasteiger partial charge in [0, 0.05) is 11.9 Å². The quantitative estimate of drug-likeness (QED) is 0.444. The molecule has 1 atom stereocenters. The van der Waals surface area contributed by atoms with Crippen molar-refractivity contribution in [2.45, 2.75) is 39.2 Å². The van der Waals surface area contributed by atoms with E-state index in [1.165, 1.54) is 0 Å². The molecule has 6 heteroatoms. The van der Waals surface area contributed by atoms with Crippen LogP contribution in [0.5, 0.6) is 5.75 Å². The second kappa shape index (κ2) is 9.30. The Hall–Kier alpha value is -3.54. The van der Waals surface area contributed by atoms with Gasteiger partial charge in [0.25, 0.3) is 5.91 Å². The molecule has 0 saturated carbocycles. The molecule has 6 nitrogen and oxygen atoms in total. The van der Waals surface area contributed by atoms with E-state index in [-0.39, 0.29) is 11.3 Å². The van der Waals surface area contributed by atoms with Crippen LogP contribution in [-0.2, 0) is 4.79 Å². The number of unbranched alkanes of at least 4 members (excludes halogenated alkanes) is 1. The van der Waals surface area contributed by atoms with Crippen molar-refractivity contribution in [3.8, 4) is 5.75 Å². The lowest BCUT2D eigenvalue weighted by Crippen LogP contribution is -2.32. The molecule has 1 aliphatic heterocycles. The summed E-state index contributed by atoms with van der Waals surface area (Å²) in [5.74, 6) is -0.786. The van der Waals surface area contributed by atoms with E-state index in [9.17, 15) is 14.7 Å². The number of amides is 1. The molecule has 1 aromatic heterocycles. The summed E-state index contributed by atoms with van der Waals surface area (Å²) < 4.78 is 11.5. The molecule has 0 bridgehead atoms. The minimum Gasteiger partial charge on any atom is -0.503 e. The number of ether oxygens (including phenoxy) is 1. The van der Waals surface area contributed by atoms with Gasteiger partial charge in [0.15, 0.2) is 11.5 Å². The molecular formula is C26H27NO5. The summed E-state index contributed by atoms with van der Waals surface area (Å²) in [5, 5.41) is 11.6. The first-order valence-electron chi connectivity index (χ1n) is 11.0. The van der Waals surface area contributed by atoms with Crippen LogP contribution in [0, 0.1) is 0 Å². The maximum atomic E-state index is 13.5. The maximum Gasteiger partial charge on any atom is 0.290 e. The predicted octanol–water partition coefficient (Wildman–Crippen LogP) is 5.60. The van der Waals surface area contributed by atoms with Crippen LogP contribution in [0.1, 0.15) is 55.3 Å². The van der Waals surface area contributed by atoms with Crippen LogP contribution in [0.15, 0.2) is 70.3 Å². The fourth-order valence-electron chi connectivity index (χ4n) is 4.01. The summed E-state index contributed by atoms with van der Waals surface area (Å²) in [4.78, 5) is 28.0. The number of Topliss-reactive ketones (excluding diaryl/α,β-unsaturated/α-hetero) is 1. The molecule has 32 heavy (non-hydrogen) atoms.